The fourth-order valence-electron chi connectivity index (χ4n) is 3.31. The Balaban J connectivity index is 6.14. The molecular formula is C22H37Br. The van der Waals surface area contributed by atoms with Gasteiger partial charge in [0, 0.05) is 0 Å². The molecule has 0 radical (unpaired) electrons. The monoisotopic (exact) mass is 380 g/mol. The molecule has 0 unspecified atom stereocenters. The molecule has 1 heteroatoms. The van der Waals surface area contributed by atoms with Crippen molar-refractivity contribution in [3.63, 3.8) is 0 Å². The van der Waals surface area contributed by atoms with E-state index >= 15 is 0 Å². The summed E-state index contributed by atoms with van der Waals surface area (Å²) in [6.45, 7) is 17.2. The highest BCUT2D eigenvalue weighted by atomic mass is 79.9. The molecule has 23 heavy (non-hydrogen) atoms. The van der Waals surface area contributed by atoms with Crippen molar-refractivity contribution in [2.75, 3.05) is 0 Å². The summed E-state index contributed by atoms with van der Waals surface area (Å²) in [5, 5.41) is 0. The lowest BCUT2D eigenvalue weighted by Crippen LogP contribution is -2.02. The third kappa shape index (κ3) is 8.74. The molecule has 0 fully saturated rings. The van der Waals surface area contributed by atoms with Crippen molar-refractivity contribution in [2.24, 2.45) is 0 Å². The average Bonchev–Trinajstić information content (AvgIpc) is 2.50. The summed E-state index contributed by atoms with van der Waals surface area (Å²) in [6, 6.07) is 0. The lowest BCUT2D eigenvalue weighted by Gasteiger charge is -2.22. The number of allylic oxidation sites excluding steroid dienone is 6. The van der Waals surface area contributed by atoms with Crippen molar-refractivity contribution < 1.29 is 0 Å². The molecule has 0 aromatic carbocycles. The van der Waals surface area contributed by atoms with E-state index in [1.807, 2.05) is 0 Å². The summed E-state index contributed by atoms with van der Waals surface area (Å²) >= 11 is 3.59. The van der Waals surface area contributed by atoms with Crippen molar-refractivity contribution in [2.45, 2.75) is 91.9 Å². The Labute approximate surface area is 154 Å². The van der Waals surface area contributed by atoms with Crippen molar-refractivity contribution in [1.29, 1.82) is 0 Å². The molecule has 0 aliphatic rings. The van der Waals surface area contributed by atoms with Crippen LogP contribution in [0.15, 0.2) is 46.0 Å². The van der Waals surface area contributed by atoms with Gasteiger partial charge in [0.25, 0.3) is 0 Å². The second kappa shape index (κ2) is 13.8. The topological polar surface area (TPSA) is 0 Å². The first-order valence-corrected chi connectivity index (χ1v) is 10.2. The van der Waals surface area contributed by atoms with E-state index in [4.69, 9.17) is 0 Å². The summed E-state index contributed by atoms with van der Waals surface area (Å²) in [6.07, 6.45) is 13.7. The van der Waals surface area contributed by atoms with Crippen LogP contribution >= 0.6 is 15.9 Å². The highest BCUT2D eigenvalue weighted by molar-refractivity contribution is 9.11. The molecule has 0 aliphatic heterocycles. The third-order valence-corrected chi connectivity index (χ3v) is 4.40. The van der Waals surface area contributed by atoms with Gasteiger partial charge in [-0.15, -0.1) is 6.58 Å². The van der Waals surface area contributed by atoms with Crippen LogP contribution in [0.2, 0.25) is 0 Å². The normalized spacial score (nSPS) is 13.4. The second-order valence-corrected chi connectivity index (χ2v) is 7.47. The van der Waals surface area contributed by atoms with Gasteiger partial charge >= 0.3 is 0 Å². The van der Waals surface area contributed by atoms with Crippen LogP contribution in [-0.4, -0.2) is 0 Å². The van der Waals surface area contributed by atoms with Gasteiger partial charge in [-0.25, -0.2) is 0 Å². The van der Waals surface area contributed by atoms with Gasteiger partial charge in [0.1, 0.15) is 0 Å². The van der Waals surface area contributed by atoms with Gasteiger partial charge in [-0.2, -0.15) is 0 Å². The minimum Gasteiger partial charge on any atom is -0.103 e. The molecule has 0 spiro atoms. The molecule has 132 valence electrons. The minimum absolute atomic E-state index is 0.990. The van der Waals surface area contributed by atoms with E-state index in [9.17, 15) is 0 Å². The van der Waals surface area contributed by atoms with Crippen LogP contribution in [-0.2, 0) is 0 Å². The molecule has 0 aromatic rings. The molecule has 0 saturated heterocycles. The van der Waals surface area contributed by atoms with E-state index in [0.717, 1.165) is 17.3 Å². The maximum Gasteiger partial charge on any atom is -0.0000699 e. The second-order valence-electron chi connectivity index (χ2n) is 6.35. The minimum atomic E-state index is 0.990. The van der Waals surface area contributed by atoms with E-state index in [0.29, 0.717) is 0 Å². The summed E-state index contributed by atoms with van der Waals surface area (Å²) in [7, 11) is 0. The average molecular weight is 381 g/mol. The van der Waals surface area contributed by atoms with E-state index < -0.39 is 0 Å². The fraction of sp³-hybridized carbons (Fsp3) is 0.636. The van der Waals surface area contributed by atoms with E-state index in [2.05, 4.69) is 62.9 Å². The summed E-state index contributed by atoms with van der Waals surface area (Å²) < 4.78 is 1.10. The molecule has 0 amide bonds. The Morgan fingerprint density at radius 2 is 1.22 bits per heavy atom. The quantitative estimate of drug-likeness (QED) is 0.221. The van der Waals surface area contributed by atoms with Crippen LogP contribution in [0.3, 0.4) is 0 Å². The zero-order valence-corrected chi connectivity index (χ0v) is 17.5. The smallest absolute Gasteiger partial charge is 0.0000699 e. The first-order chi connectivity index (χ1) is 11.0. The highest BCUT2D eigenvalue weighted by Crippen LogP contribution is 2.35. The Kier molecular flexibility index (Phi) is 13.5. The third-order valence-electron chi connectivity index (χ3n) is 4.12. The molecule has 0 nitrogen and oxygen atoms in total. The van der Waals surface area contributed by atoms with Gasteiger partial charge < -0.3 is 0 Å². The van der Waals surface area contributed by atoms with Gasteiger partial charge in [0.15, 0.2) is 0 Å². The van der Waals surface area contributed by atoms with Gasteiger partial charge in [-0.3, -0.25) is 0 Å². The molecule has 0 heterocycles. The Bertz CT molecular complexity index is 423. The van der Waals surface area contributed by atoms with Crippen LogP contribution in [0.25, 0.3) is 0 Å². The summed E-state index contributed by atoms with van der Waals surface area (Å²) in [5.41, 5.74) is 6.47. The van der Waals surface area contributed by atoms with Gasteiger partial charge in [-0.05, 0) is 54.2 Å². The van der Waals surface area contributed by atoms with Crippen molar-refractivity contribution in [3.05, 3.63) is 46.0 Å². The summed E-state index contributed by atoms with van der Waals surface area (Å²) in [5.74, 6) is 0. The van der Waals surface area contributed by atoms with Crippen LogP contribution in [0.5, 0.6) is 0 Å². The SMILES string of the molecule is C=CC/C(CCC)=C(CCC)\C(CCC)=C(\CCC)CC(=C)Br. The molecule has 0 aliphatic carbocycles. The van der Waals surface area contributed by atoms with Crippen LogP contribution in [0.4, 0.5) is 0 Å². The Hall–Kier alpha value is -0.560. The molecule has 0 atom stereocenters. The maximum atomic E-state index is 4.09. The molecule has 0 saturated carbocycles. The van der Waals surface area contributed by atoms with Crippen LogP contribution < -0.4 is 0 Å². The van der Waals surface area contributed by atoms with Crippen molar-refractivity contribution in [3.8, 4) is 0 Å². The Morgan fingerprint density at radius 1 is 0.783 bits per heavy atom. The van der Waals surface area contributed by atoms with Gasteiger partial charge in [0.05, 0.1) is 0 Å². The summed E-state index contributed by atoms with van der Waals surface area (Å²) in [4.78, 5) is 0. The fourth-order valence-corrected chi connectivity index (χ4v) is 3.65. The van der Waals surface area contributed by atoms with Gasteiger partial charge in [-0.1, -0.05) is 93.1 Å². The van der Waals surface area contributed by atoms with Gasteiger partial charge in [0.2, 0.25) is 0 Å². The lowest BCUT2D eigenvalue weighted by molar-refractivity contribution is 0.770. The van der Waals surface area contributed by atoms with E-state index in [-0.39, 0.29) is 0 Å². The first kappa shape index (κ1) is 22.4. The van der Waals surface area contributed by atoms with Crippen molar-refractivity contribution >= 4 is 15.9 Å². The zero-order chi connectivity index (χ0) is 17.7. The number of hydrogen-bond donors (Lipinski definition) is 0. The van der Waals surface area contributed by atoms with Crippen LogP contribution in [0.1, 0.15) is 91.9 Å². The predicted molar refractivity (Wildman–Crippen MR) is 111 cm³/mol. The molecule has 0 rings (SSSR count). The highest BCUT2D eigenvalue weighted by Gasteiger charge is 2.15. The van der Waals surface area contributed by atoms with E-state index in [1.165, 1.54) is 51.4 Å². The standard InChI is InChI=1S/C22H37Br/c1-7-12-19(13-8-2)21(15-10-4)22(16-11-5)20(14-9-3)17-18(6)23/h7H,1,6,8-17H2,2-5H3/b21-19+,22-20-. The molecular weight excluding hydrogens is 344 g/mol. The maximum absolute atomic E-state index is 4.09. The molecule has 0 bridgehead atoms. The first-order valence-electron chi connectivity index (χ1n) is 9.41. The number of hydrogen-bond acceptors (Lipinski definition) is 0. The number of rotatable bonds is 13. The molecule has 0 aromatic heterocycles. The van der Waals surface area contributed by atoms with Crippen molar-refractivity contribution in [1.82, 2.24) is 0 Å². The molecule has 0 N–H and O–H groups in total. The Morgan fingerprint density at radius 3 is 1.61 bits per heavy atom. The predicted octanol–water partition coefficient (Wildman–Crippen LogP) is 8.65. The largest absolute Gasteiger partial charge is 0.103 e. The zero-order valence-electron chi connectivity index (χ0n) is 15.9. The lowest BCUT2D eigenvalue weighted by atomic mass is 9.84. The van der Waals surface area contributed by atoms with E-state index in [1.54, 1.807) is 22.3 Å². The van der Waals surface area contributed by atoms with Crippen LogP contribution in [0, 0.1) is 0 Å². The number of halogens is 1.